The Kier molecular flexibility index (Phi) is 5.84. The van der Waals surface area contributed by atoms with E-state index in [0.29, 0.717) is 18.0 Å². The van der Waals surface area contributed by atoms with E-state index >= 15 is 0 Å². The third kappa shape index (κ3) is 5.59. The first-order chi connectivity index (χ1) is 8.11. The van der Waals surface area contributed by atoms with E-state index in [1.807, 2.05) is 31.2 Å². The Morgan fingerprint density at radius 1 is 1.47 bits per heavy atom. The molecule has 1 rings (SSSR count). The van der Waals surface area contributed by atoms with Crippen molar-refractivity contribution in [1.82, 2.24) is 5.32 Å². The van der Waals surface area contributed by atoms with Crippen molar-refractivity contribution in [2.24, 2.45) is 0 Å². The number of benzene rings is 1. The molecule has 1 unspecified atom stereocenters. The minimum Gasteiger partial charge on any atom is -0.384 e. The smallest absolute Gasteiger partial charge is 0.221 e. The molecule has 94 valence electrons. The first-order valence-electron chi connectivity index (χ1n) is 5.90. The molecule has 0 heterocycles. The van der Waals surface area contributed by atoms with Gasteiger partial charge in [0, 0.05) is 29.7 Å². The van der Waals surface area contributed by atoms with Gasteiger partial charge in [0.25, 0.3) is 0 Å². The van der Waals surface area contributed by atoms with Crippen molar-refractivity contribution in [1.29, 1.82) is 0 Å². The number of anilines is 1. The Balaban J connectivity index is 2.26. The summed E-state index contributed by atoms with van der Waals surface area (Å²) in [4.78, 5) is 11.5. The molecule has 0 fully saturated rings. The zero-order chi connectivity index (χ0) is 12.7. The SMILES string of the molecule is CCC(C)NC(=O)CCNc1cccc(Cl)c1. The van der Waals surface area contributed by atoms with Crippen LogP contribution in [0.15, 0.2) is 24.3 Å². The zero-order valence-electron chi connectivity index (χ0n) is 10.3. The molecule has 3 nitrogen and oxygen atoms in total. The summed E-state index contributed by atoms with van der Waals surface area (Å²) >= 11 is 5.85. The van der Waals surface area contributed by atoms with Crippen molar-refractivity contribution in [3.05, 3.63) is 29.3 Å². The lowest BCUT2D eigenvalue weighted by molar-refractivity contribution is -0.121. The second-order valence-electron chi connectivity index (χ2n) is 4.06. The highest BCUT2D eigenvalue weighted by molar-refractivity contribution is 6.30. The molecule has 0 saturated heterocycles. The molecular formula is C13H19ClN2O. The Hall–Kier alpha value is -1.22. The molecule has 1 amide bonds. The molecule has 0 aromatic heterocycles. The molecule has 2 N–H and O–H groups in total. The Morgan fingerprint density at radius 3 is 2.88 bits per heavy atom. The minimum absolute atomic E-state index is 0.0777. The predicted molar refractivity (Wildman–Crippen MR) is 72.5 cm³/mol. The van der Waals surface area contributed by atoms with Crippen LogP contribution >= 0.6 is 11.6 Å². The lowest BCUT2D eigenvalue weighted by Crippen LogP contribution is -2.32. The van der Waals surface area contributed by atoms with Gasteiger partial charge in [0.2, 0.25) is 5.91 Å². The van der Waals surface area contributed by atoms with Crippen LogP contribution in [0.5, 0.6) is 0 Å². The molecule has 1 aromatic rings. The number of halogens is 1. The standard InChI is InChI=1S/C13H19ClN2O/c1-3-10(2)16-13(17)7-8-15-12-6-4-5-11(14)9-12/h4-6,9-10,15H,3,7-8H2,1-2H3,(H,16,17). The summed E-state index contributed by atoms with van der Waals surface area (Å²) in [6, 6.07) is 7.72. The van der Waals surface area contributed by atoms with Crippen LogP contribution in [0.4, 0.5) is 5.69 Å². The summed E-state index contributed by atoms with van der Waals surface area (Å²) in [5, 5.41) is 6.78. The van der Waals surface area contributed by atoms with Crippen molar-refractivity contribution in [2.45, 2.75) is 32.7 Å². The molecule has 0 aliphatic carbocycles. The van der Waals surface area contributed by atoms with Gasteiger partial charge in [-0.2, -0.15) is 0 Å². The highest BCUT2D eigenvalue weighted by atomic mass is 35.5. The number of carbonyl (C=O) groups excluding carboxylic acids is 1. The van der Waals surface area contributed by atoms with E-state index in [1.54, 1.807) is 0 Å². The second-order valence-corrected chi connectivity index (χ2v) is 4.50. The summed E-state index contributed by atoms with van der Waals surface area (Å²) in [6.45, 7) is 4.67. The van der Waals surface area contributed by atoms with Crippen molar-refractivity contribution in [3.8, 4) is 0 Å². The summed E-state index contributed by atoms with van der Waals surface area (Å²) in [5.41, 5.74) is 0.939. The molecule has 0 aliphatic heterocycles. The molecule has 0 spiro atoms. The van der Waals surface area contributed by atoms with Gasteiger partial charge in [-0.25, -0.2) is 0 Å². The molecule has 17 heavy (non-hydrogen) atoms. The topological polar surface area (TPSA) is 41.1 Å². The van der Waals surface area contributed by atoms with Crippen LogP contribution < -0.4 is 10.6 Å². The number of carbonyl (C=O) groups is 1. The van der Waals surface area contributed by atoms with Gasteiger partial charge < -0.3 is 10.6 Å². The van der Waals surface area contributed by atoms with Gasteiger partial charge in [-0.05, 0) is 31.5 Å². The van der Waals surface area contributed by atoms with Crippen LogP contribution in [0.2, 0.25) is 5.02 Å². The number of rotatable bonds is 6. The maximum atomic E-state index is 11.5. The van der Waals surface area contributed by atoms with Crippen LogP contribution in [0, 0.1) is 0 Å². The van der Waals surface area contributed by atoms with Gasteiger partial charge in [-0.15, -0.1) is 0 Å². The largest absolute Gasteiger partial charge is 0.384 e. The van der Waals surface area contributed by atoms with Crippen molar-refractivity contribution in [2.75, 3.05) is 11.9 Å². The van der Waals surface area contributed by atoms with E-state index in [1.165, 1.54) is 0 Å². The van der Waals surface area contributed by atoms with Gasteiger partial charge in [0.05, 0.1) is 0 Å². The van der Waals surface area contributed by atoms with Crippen LogP contribution in [0.1, 0.15) is 26.7 Å². The fourth-order valence-electron chi connectivity index (χ4n) is 1.37. The number of hydrogen-bond acceptors (Lipinski definition) is 2. The number of nitrogens with one attached hydrogen (secondary N) is 2. The highest BCUT2D eigenvalue weighted by Gasteiger charge is 2.04. The van der Waals surface area contributed by atoms with E-state index in [0.717, 1.165) is 12.1 Å². The van der Waals surface area contributed by atoms with E-state index in [4.69, 9.17) is 11.6 Å². The number of amides is 1. The third-order valence-corrected chi connectivity index (χ3v) is 2.76. The van der Waals surface area contributed by atoms with Crippen molar-refractivity contribution in [3.63, 3.8) is 0 Å². The van der Waals surface area contributed by atoms with Crippen molar-refractivity contribution < 1.29 is 4.79 Å². The third-order valence-electron chi connectivity index (χ3n) is 2.53. The number of hydrogen-bond donors (Lipinski definition) is 2. The molecule has 0 aliphatic rings. The van der Waals surface area contributed by atoms with Crippen LogP contribution in [0.3, 0.4) is 0 Å². The van der Waals surface area contributed by atoms with Gasteiger partial charge in [0.1, 0.15) is 0 Å². The fraction of sp³-hybridized carbons (Fsp3) is 0.462. The molecule has 0 bridgehead atoms. The lowest BCUT2D eigenvalue weighted by atomic mass is 10.2. The molecular weight excluding hydrogens is 236 g/mol. The van der Waals surface area contributed by atoms with E-state index in [9.17, 15) is 4.79 Å². The van der Waals surface area contributed by atoms with E-state index in [2.05, 4.69) is 17.6 Å². The average Bonchev–Trinajstić information content (AvgIpc) is 2.29. The molecule has 1 aromatic carbocycles. The summed E-state index contributed by atoms with van der Waals surface area (Å²) in [6.07, 6.45) is 1.42. The van der Waals surface area contributed by atoms with Crippen LogP contribution in [0.25, 0.3) is 0 Å². The summed E-state index contributed by atoms with van der Waals surface area (Å²) in [7, 11) is 0. The van der Waals surface area contributed by atoms with E-state index in [-0.39, 0.29) is 11.9 Å². The molecule has 1 atom stereocenters. The van der Waals surface area contributed by atoms with Gasteiger partial charge in [0.15, 0.2) is 0 Å². The predicted octanol–water partition coefficient (Wildman–Crippen LogP) is 3.06. The van der Waals surface area contributed by atoms with Gasteiger partial charge in [-0.3, -0.25) is 4.79 Å². The van der Waals surface area contributed by atoms with Crippen LogP contribution in [-0.4, -0.2) is 18.5 Å². The quantitative estimate of drug-likeness (QED) is 0.819. The fourth-order valence-corrected chi connectivity index (χ4v) is 1.56. The van der Waals surface area contributed by atoms with Crippen molar-refractivity contribution >= 4 is 23.2 Å². The van der Waals surface area contributed by atoms with Gasteiger partial charge >= 0.3 is 0 Å². The highest BCUT2D eigenvalue weighted by Crippen LogP contribution is 2.14. The average molecular weight is 255 g/mol. The first kappa shape index (κ1) is 13.8. The first-order valence-corrected chi connectivity index (χ1v) is 6.28. The summed E-state index contributed by atoms with van der Waals surface area (Å²) in [5.74, 6) is 0.0777. The zero-order valence-corrected chi connectivity index (χ0v) is 11.1. The van der Waals surface area contributed by atoms with Gasteiger partial charge in [-0.1, -0.05) is 24.6 Å². The van der Waals surface area contributed by atoms with Crippen LogP contribution in [-0.2, 0) is 4.79 Å². The Bertz CT molecular complexity index is 368. The maximum absolute atomic E-state index is 11.5. The monoisotopic (exact) mass is 254 g/mol. The lowest BCUT2D eigenvalue weighted by Gasteiger charge is -2.12. The second kappa shape index (κ2) is 7.17. The molecule has 0 saturated carbocycles. The molecule has 0 radical (unpaired) electrons. The minimum atomic E-state index is 0.0777. The Morgan fingerprint density at radius 2 is 2.24 bits per heavy atom. The normalized spacial score (nSPS) is 11.9. The summed E-state index contributed by atoms with van der Waals surface area (Å²) < 4.78 is 0. The van der Waals surface area contributed by atoms with E-state index < -0.39 is 0 Å². The Labute approximate surface area is 108 Å². The molecule has 4 heteroatoms. The maximum Gasteiger partial charge on any atom is 0.221 e.